The van der Waals surface area contributed by atoms with E-state index in [9.17, 15) is 27.7 Å². The van der Waals surface area contributed by atoms with Crippen LogP contribution in [0.5, 0.6) is 5.75 Å². The molecule has 1 aromatic rings. The van der Waals surface area contributed by atoms with Gasteiger partial charge in [-0.3, -0.25) is 9.35 Å². The Bertz CT molecular complexity index is 1520. The first-order chi connectivity index (χ1) is 22.1. The molecule has 0 heterocycles. The van der Waals surface area contributed by atoms with E-state index in [0.717, 1.165) is 51.4 Å². The van der Waals surface area contributed by atoms with Crippen molar-refractivity contribution < 1.29 is 36.6 Å². The first-order valence-electron chi connectivity index (χ1n) is 17.3. The Morgan fingerprint density at radius 2 is 1.79 bits per heavy atom. The molecule has 9 nitrogen and oxygen atoms in total. The average molecular weight is 672 g/mol. The summed E-state index contributed by atoms with van der Waals surface area (Å²) in [5.74, 6) is 1.13. The molecular weight excluding hydrogens is 618 g/mol. The van der Waals surface area contributed by atoms with Crippen LogP contribution in [0.4, 0.5) is 0 Å². The molecule has 1 amide bonds. The number of carboxylic acid groups (broad SMARTS) is 1. The van der Waals surface area contributed by atoms with E-state index in [4.69, 9.17) is 8.92 Å². The Balaban J connectivity index is 1.21. The van der Waals surface area contributed by atoms with E-state index in [1.807, 2.05) is 6.08 Å². The molecule has 4 aliphatic rings. The van der Waals surface area contributed by atoms with Gasteiger partial charge in [-0.05, 0) is 129 Å². The zero-order valence-electron chi connectivity index (χ0n) is 28.8. The summed E-state index contributed by atoms with van der Waals surface area (Å²) in [6.45, 7) is 11.1. The van der Waals surface area contributed by atoms with Gasteiger partial charge < -0.3 is 15.2 Å². The number of fused-ring (bicyclic) bond motifs is 4. The minimum Gasteiger partial charge on any atom is -0.497 e. The first-order valence-corrected chi connectivity index (χ1v) is 18.7. The number of amides is 1. The van der Waals surface area contributed by atoms with Crippen molar-refractivity contribution in [1.82, 2.24) is 5.32 Å². The second kappa shape index (κ2) is 13.7. The molecule has 5 unspecified atom stereocenters. The highest BCUT2D eigenvalue weighted by atomic mass is 32.3. The van der Waals surface area contributed by atoms with Crippen molar-refractivity contribution in [2.75, 3.05) is 7.11 Å². The van der Waals surface area contributed by atoms with Crippen LogP contribution in [0, 0.1) is 40.4 Å². The Kier molecular flexibility index (Phi) is 10.4. The van der Waals surface area contributed by atoms with Gasteiger partial charge in [0.15, 0.2) is 6.04 Å². The lowest BCUT2D eigenvalue weighted by atomic mass is 9.47. The van der Waals surface area contributed by atoms with Crippen LogP contribution in [0.2, 0.25) is 0 Å². The number of nitrogens with one attached hydrogen (secondary N) is 1. The van der Waals surface area contributed by atoms with Crippen molar-refractivity contribution in [2.45, 2.75) is 111 Å². The Morgan fingerprint density at radius 3 is 2.43 bits per heavy atom. The van der Waals surface area contributed by atoms with E-state index in [2.05, 4.69) is 33.0 Å². The van der Waals surface area contributed by atoms with Gasteiger partial charge in [-0.2, -0.15) is 8.42 Å². The summed E-state index contributed by atoms with van der Waals surface area (Å²) in [5, 5.41) is 12.4. The van der Waals surface area contributed by atoms with E-state index in [1.165, 1.54) is 6.42 Å². The quantitative estimate of drug-likeness (QED) is 0.125. The van der Waals surface area contributed by atoms with Crippen LogP contribution in [0.3, 0.4) is 0 Å². The topological polar surface area (TPSA) is 139 Å². The number of ether oxygens (including phenoxy) is 1. The normalized spacial score (nSPS) is 33.7. The summed E-state index contributed by atoms with van der Waals surface area (Å²) in [6.07, 6.45) is 11.5. The van der Waals surface area contributed by atoms with E-state index in [1.54, 1.807) is 49.4 Å². The van der Waals surface area contributed by atoms with Crippen molar-refractivity contribution >= 4 is 22.3 Å². The third-order valence-electron chi connectivity index (χ3n) is 12.9. The van der Waals surface area contributed by atoms with Crippen LogP contribution in [-0.4, -0.2) is 43.2 Å². The Hall–Kier alpha value is -2.69. The summed E-state index contributed by atoms with van der Waals surface area (Å²) < 4.78 is 42.6. The number of benzene rings is 1. The van der Waals surface area contributed by atoms with Crippen LogP contribution >= 0.6 is 0 Å². The summed E-state index contributed by atoms with van der Waals surface area (Å²) >= 11 is 0. The molecule has 0 saturated heterocycles. The lowest BCUT2D eigenvalue weighted by Crippen LogP contribution is -2.52. The molecule has 9 atom stereocenters. The maximum atomic E-state index is 13.0. The van der Waals surface area contributed by atoms with E-state index in [0.29, 0.717) is 47.0 Å². The summed E-state index contributed by atoms with van der Waals surface area (Å²) in [7, 11) is -2.92. The fraction of sp³-hybridized carbons (Fsp3) is 0.676. The van der Waals surface area contributed by atoms with Gasteiger partial charge in [0.25, 0.3) is 0 Å². The molecule has 1 aromatic carbocycles. The maximum absolute atomic E-state index is 13.0. The van der Waals surface area contributed by atoms with Crippen molar-refractivity contribution in [3.8, 4) is 5.75 Å². The van der Waals surface area contributed by atoms with Crippen molar-refractivity contribution in [3.63, 3.8) is 0 Å². The zero-order valence-corrected chi connectivity index (χ0v) is 29.6. The molecule has 3 fully saturated rings. The van der Waals surface area contributed by atoms with Gasteiger partial charge in [0.2, 0.25) is 5.91 Å². The van der Waals surface area contributed by atoms with Crippen molar-refractivity contribution in [2.24, 2.45) is 40.4 Å². The molecule has 0 spiro atoms. The average Bonchev–Trinajstić information content (AvgIpc) is 3.38. The molecule has 0 aromatic heterocycles. The highest BCUT2D eigenvalue weighted by Crippen LogP contribution is 2.66. The van der Waals surface area contributed by atoms with Gasteiger partial charge >= 0.3 is 16.4 Å². The minimum absolute atomic E-state index is 0.0722. The number of carboxylic acids is 1. The standard InChI is InChI=1S/C37H53NO8S/c1-22(8-7-9-23(2)34(39)38-33(35(40)41)25-10-12-26(45-6)13-11-25)28-16-17-30-27-14-15-29-24(3)32(46-47(42,43)44)19-21-37(29,5)31(27)18-20-36(28,30)4/h9-13,22,24,28-29,31-33H,7-8,14-21H2,1-6H3,(H,38,39)(H,40,41)(H,42,43,44)/b23-9+/t22?,24?,28-,29?,31?,32+,33?,36-,37+/m1/s1. The molecule has 3 saturated carbocycles. The number of allylic oxidation sites excluding steroid dienone is 3. The predicted octanol–water partition coefficient (Wildman–Crippen LogP) is 7.46. The van der Waals surface area contributed by atoms with E-state index in [-0.39, 0.29) is 22.7 Å². The van der Waals surface area contributed by atoms with Gasteiger partial charge in [0.1, 0.15) is 5.75 Å². The van der Waals surface area contributed by atoms with Gasteiger partial charge in [0, 0.05) is 5.57 Å². The summed E-state index contributed by atoms with van der Waals surface area (Å²) in [5.41, 5.74) is 4.64. The lowest BCUT2D eigenvalue weighted by Gasteiger charge is -2.58. The second-order valence-corrected chi connectivity index (χ2v) is 16.3. The van der Waals surface area contributed by atoms with Crippen molar-refractivity contribution in [1.29, 1.82) is 0 Å². The minimum atomic E-state index is -4.47. The zero-order chi connectivity index (χ0) is 34.3. The molecule has 5 rings (SSSR count). The number of rotatable bonds is 11. The monoisotopic (exact) mass is 671 g/mol. The third kappa shape index (κ3) is 7.06. The van der Waals surface area contributed by atoms with Crippen LogP contribution in [-0.2, 0) is 24.2 Å². The largest absolute Gasteiger partial charge is 0.497 e. The number of carbonyl (C=O) groups excluding carboxylic acids is 1. The summed E-state index contributed by atoms with van der Waals surface area (Å²) in [4.78, 5) is 24.9. The number of hydrogen-bond donors (Lipinski definition) is 3. The molecule has 47 heavy (non-hydrogen) atoms. The molecule has 3 N–H and O–H groups in total. The maximum Gasteiger partial charge on any atom is 0.397 e. The van der Waals surface area contributed by atoms with Crippen LogP contribution in [0.1, 0.15) is 110 Å². The van der Waals surface area contributed by atoms with Gasteiger partial charge in [-0.25, -0.2) is 8.98 Å². The van der Waals surface area contributed by atoms with E-state index < -0.39 is 28.5 Å². The smallest absolute Gasteiger partial charge is 0.397 e. The number of aliphatic carboxylic acids is 1. The highest BCUT2D eigenvalue weighted by molar-refractivity contribution is 7.80. The second-order valence-electron chi connectivity index (χ2n) is 15.2. The fourth-order valence-corrected chi connectivity index (χ4v) is 10.9. The Labute approximate surface area is 280 Å². The first kappa shape index (κ1) is 35.6. The summed E-state index contributed by atoms with van der Waals surface area (Å²) in [6, 6.07) is 5.52. The third-order valence-corrected chi connectivity index (χ3v) is 13.4. The van der Waals surface area contributed by atoms with Crippen LogP contribution < -0.4 is 10.1 Å². The molecule has 260 valence electrons. The Morgan fingerprint density at radius 1 is 1.09 bits per heavy atom. The number of hydrogen-bond acceptors (Lipinski definition) is 6. The highest BCUT2D eigenvalue weighted by Gasteiger charge is 2.57. The van der Waals surface area contributed by atoms with E-state index >= 15 is 0 Å². The fourth-order valence-electron chi connectivity index (χ4n) is 10.4. The molecule has 0 bridgehead atoms. The molecule has 0 radical (unpaired) electrons. The van der Waals surface area contributed by atoms with Crippen LogP contribution in [0.25, 0.3) is 0 Å². The molecule has 4 aliphatic carbocycles. The van der Waals surface area contributed by atoms with Crippen molar-refractivity contribution in [3.05, 3.63) is 52.6 Å². The molecule has 0 aliphatic heterocycles. The SMILES string of the molecule is COc1ccc(C(NC(=O)/C(C)=C/CCC(C)[C@H]2CCC3=C4CCC5C(C)[C@@H](OS(=O)(=O)O)CC[C@]5(C)C4CC[C@@]32C)C(=O)O)cc1. The number of methoxy groups -OCH3 is 1. The molecule has 10 heteroatoms. The predicted molar refractivity (Wildman–Crippen MR) is 180 cm³/mol. The van der Waals surface area contributed by atoms with Gasteiger partial charge in [-0.15, -0.1) is 0 Å². The number of carbonyl (C=O) groups is 2. The van der Waals surface area contributed by atoms with Gasteiger partial charge in [-0.1, -0.05) is 57.0 Å². The lowest BCUT2D eigenvalue weighted by molar-refractivity contribution is -0.141. The molecular formula is C37H53NO8S. The van der Waals surface area contributed by atoms with Gasteiger partial charge in [0.05, 0.1) is 13.2 Å². The van der Waals surface area contributed by atoms with Crippen LogP contribution in [0.15, 0.2) is 47.1 Å².